The SMILES string of the molecule is OCC1CCC(c2ccccc2)C(c2ccccc2)N1. The van der Waals surface area contributed by atoms with Gasteiger partial charge in [-0.2, -0.15) is 0 Å². The van der Waals surface area contributed by atoms with Crippen molar-refractivity contribution in [3.05, 3.63) is 71.8 Å². The first-order chi connectivity index (χ1) is 9.88. The molecule has 0 aromatic heterocycles. The van der Waals surface area contributed by atoms with E-state index >= 15 is 0 Å². The fraction of sp³-hybridized carbons (Fsp3) is 0.333. The molecule has 1 aliphatic heterocycles. The van der Waals surface area contributed by atoms with Crippen molar-refractivity contribution in [3.8, 4) is 0 Å². The maximum Gasteiger partial charge on any atom is 0.0584 e. The molecule has 3 unspecified atom stereocenters. The fourth-order valence-electron chi connectivity index (χ4n) is 3.19. The van der Waals surface area contributed by atoms with Gasteiger partial charge in [0.05, 0.1) is 6.61 Å². The molecule has 2 N–H and O–H groups in total. The Morgan fingerprint density at radius 3 is 2.05 bits per heavy atom. The molecule has 2 aromatic rings. The van der Waals surface area contributed by atoms with E-state index in [-0.39, 0.29) is 18.7 Å². The van der Waals surface area contributed by atoms with Gasteiger partial charge in [-0.25, -0.2) is 0 Å². The number of piperidine rings is 1. The lowest BCUT2D eigenvalue weighted by Gasteiger charge is -2.37. The van der Waals surface area contributed by atoms with E-state index in [1.165, 1.54) is 11.1 Å². The summed E-state index contributed by atoms with van der Waals surface area (Å²) in [6.07, 6.45) is 2.14. The van der Waals surface area contributed by atoms with Crippen LogP contribution in [0.25, 0.3) is 0 Å². The van der Waals surface area contributed by atoms with Crippen molar-refractivity contribution in [1.82, 2.24) is 5.32 Å². The summed E-state index contributed by atoms with van der Waals surface area (Å²) in [4.78, 5) is 0. The molecule has 2 heteroatoms. The molecule has 3 rings (SSSR count). The van der Waals surface area contributed by atoms with E-state index in [1.54, 1.807) is 0 Å². The van der Waals surface area contributed by atoms with Crippen LogP contribution >= 0.6 is 0 Å². The maximum atomic E-state index is 9.45. The molecule has 2 aromatic carbocycles. The zero-order valence-electron chi connectivity index (χ0n) is 11.6. The van der Waals surface area contributed by atoms with Crippen LogP contribution in [0.15, 0.2) is 60.7 Å². The predicted octanol–water partition coefficient (Wildman–Crippen LogP) is 3.26. The molecule has 0 spiro atoms. The lowest BCUT2D eigenvalue weighted by molar-refractivity contribution is 0.186. The molecule has 0 bridgehead atoms. The number of aliphatic hydroxyl groups excluding tert-OH is 1. The van der Waals surface area contributed by atoms with Gasteiger partial charge in [-0.3, -0.25) is 0 Å². The Bertz CT molecular complexity index is 526. The van der Waals surface area contributed by atoms with E-state index in [0.717, 1.165) is 12.8 Å². The first-order valence-corrected chi connectivity index (χ1v) is 7.35. The maximum absolute atomic E-state index is 9.45. The summed E-state index contributed by atoms with van der Waals surface area (Å²) in [5.74, 6) is 0.474. The minimum atomic E-state index is 0.208. The molecule has 3 atom stereocenters. The van der Waals surface area contributed by atoms with Gasteiger partial charge in [0.2, 0.25) is 0 Å². The second-order valence-corrected chi connectivity index (χ2v) is 5.53. The number of benzene rings is 2. The Kier molecular flexibility index (Phi) is 4.14. The molecule has 0 radical (unpaired) electrons. The summed E-state index contributed by atoms with van der Waals surface area (Å²) in [6.45, 7) is 0.213. The summed E-state index contributed by atoms with van der Waals surface area (Å²) in [5, 5.41) is 13.1. The Hall–Kier alpha value is -1.64. The summed E-state index contributed by atoms with van der Waals surface area (Å²) in [7, 11) is 0. The number of hydrogen-bond donors (Lipinski definition) is 2. The smallest absolute Gasteiger partial charge is 0.0584 e. The highest BCUT2D eigenvalue weighted by atomic mass is 16.3. The molecule has 104 valence electrons. The monoisotopic (exact) mass is 267 g/mol. The van der Waals surface area contributed by atoms with Crippen LogP contribution in [0.3, 0.4) is 0 Å². The zero-order chi connectivity index (χ0) is 13.8. The predicted molar refractivity (Wildman–Crippen MR) is 81.6 cm³/mol. The highest BCUT2D eigenvalue weighted by Crippen LogP contribution is 2.38. The first-order valence-electron chi connectivity index (χ1n) is 7.35. The van der Waals surface area contributed by atoms with Gasteiger partial charge >= 0.3 is 0 Å². The molecule has 0 saturated carbocycles. The molecule has 1 heterocycles. The van der Waals surface area contributed by atoms with E-state index in [4.69, 9.17) is 0 Å². The Morgan fingerprint density at radius 2 is 1.45 bits per heavy atom. The standard InChI is InChI=1S/C18H21NO/c20-13-16-11-12-17(14-7-3-1-4-8-14)18(19-16)15-9-5-2-6-10-15/h1-10,16-20H,11-13H2. The molecule has 20 heavy (non-hydrogen) atoms. The van der Waals surface area contributed by atoms with E-state index in [2.05, 4.69) is 59.9 Å². The topological polar surface area (TPSA) is 32.3 Å². The van der Waals surface area contributed by atoms with Crippen LogP contribution in [-0.4, -0.2) is 17.8 Å². The second-order valence-electron chi connectivity index (χ2n) is 5.53. The van der Waals surface area contributed by atoms with Gasteiger partial charge in [-0.15, -0.1) is 0 Å². The van der Waals surface area contributed by atoms with E-state index in [1.807, 2.05) is 6.07 Å². The van der Waals surface area contributed by atoms with Gasteiger partial charge in [0.25, 0.3) is 0 Å². The van der Waals surface area contributed by atoms with Gasteiger partial charge in [0.1, 0.15) is 0 Å². The van der Waals surface area contributed by atoms with Gasteiger partial charge in [-0.05, 0) is 24.0 Å². The van der Waals surface area contributed by atoms with Crippen molar-refractivity contribution in [2.45, 2.75) is 30.8 Å². The minimum absolute atomic E-state index is 0.208. The Balaban J connectivity index is 1.91. The molecular weight excluding hydrogens is 246 g/mol. The van der Waals surface area contributed by atoms with Crippen molar-refractivity contribution in [2.24, 2.45) is 0 Å². The summed E-state index contributed by atoms with van der Waals surface area (Å²) >= 11 is 0. The summed E-state index contributed by atoms with van der Waals surface area (Å²) in [6, 6.07) is 21.8. The van der Waals surface area contributed by atoms with Crippen molar-refractivity contribution in [1.29, 1.82) is 0 Å². The van der Waals surface area contributed by atoms with E-state index in [0.29, 0.717) is 5.92 Å². The molecular formula is C18H21NO. The summed E-state index contributed by atoms with van der Waals surface area (Å²) in [5.41, 5.74) is 2.68. The van der Waals surface area contributed by atoms with Crippen LogP contribution in [0.2, 0.25) is 0 Å². The third-order valence-electron chi connectivity index (χ3n) is 4.25. The van der Waals surface area contributed by atoms with Gasteiger partial charge in [0.15, 0.2) is 0 Å². The number of rotatable bonds is 3. The van der Waals surface area contributed by atoms with Crippen LogP contribution in [0, 0.1) is 0 Å². The van der Waals surface area contributed by atoms with Crippen molar-refractivity contribution in [3.63, 3.8) is 0 Å². The second kappa shape index (κ2) is 6.21. The molecule has 0 aliphatic carbocycles. The van der Waals surface area contributed by atoms with E-state index < -0.39 is 0 Å². The Labute approximate surface area is 120 Å². The third-order valence-corrected chi connectivity index (χ3v) is 4.25. The Morgan fingerprint density at radius 1 is 0.850 bits per heavy atom. The number of hydrogen-bond acceptors (Lipinski definition) is 2. The van der Waals surface area contributed by atoms with Gasteiger partial charge in [-0.1, -0.05) is 60.7 Å². The van der Waals surface area contributed by atoms with Gasteiger partial charge < -0.3 is 10.4 Å². The zero-order valence-corrected chi connectivity index (χ0v) is 11.6. The highest BCUT2D eigenvalue weighted by Gasteiger charge is 2.31. The molecule has 1 saturated heterocycles. The largest absolute Gasteiger partial charge is 0.395 e. The van der Waals surface area contributed by atoms with Crippen molar-refractivity contribution >= 4 is 0 Å². The minimum Gasteiger partial charge on any atom is -0.395 e. The first kappa shape index (κ1) is 13.3. The normalized spacial score (nSPS) is 26.4. The quantitative estimate of drug-likeness (QED) is 0.894. The summed E-state index contributed by atoms with van der Waals surface area (Å²) < 4.78 is 0. The van der Waals surface area contributed by atoms with Crippen LogP contribution < -0.4 is 5.32 Å². The van der Waals surface area contributed by atoms with Crippen LogP contribution in [0.5, 0.6) is 0 Å². The number of nitrogens with one attached hydrogen (secondary N) is 1. The lowest BCUT2D eigenvalue weighted by atomic mass is 9.79. The number of aliphatic hydroxyl groups is 1. The van der Waals surface area contributed by atoms with E-state index in [9.17, 15) is 5.11 Å². The molecule has 1 aliphatic rings. The van der Waals surface area contributed by atoms with Crippen molar-refractivity contribution in [2.75, 3.05) is 6.61 Å². The fourth-order valence-corrected chi connectivity index (χ4v) is 3.19. The third kappa shape index (κ3) is 2.77. The van der Waals surface area contributed by atoms with Crippen LogP contribution in [-0.2, 0) is 0 Å². The van der Waals surface area contributed by atoms with Crippen molar-refractivity contribution < 1.29 is 5.11 Å². The lowest BCUT2D eigenvalue weighted by Crippen LogP contribution is -2.42. The average Bonchev–Trinajstić information content (AvgIpc) is 2.56. The van der Waals surface area contributed by atoms with Gasteiger partial charge in [0, 0.05) is 18.0 Å². The highest BCUT2D eigenvalue weighted by molar-refractivity contribution is 5.29. The van der Waals surface area contributed by atoms with Crippen LogP contribution in [0.1, 0.15) is 35.9 Å². The molecule has 0 amide bonds. The molecule has 1 fully saturated rings. The molecule has 2 nitrogen and oxygen atoms in total. The average molecular weight is 267 g/mol. The van der Waals surface area contributed by atoms with Crippen LogP contribution in [0.4, 0.5) is 0 Å².